The number of fused-ring (bicyclic) bond motifs is 3. The number of rotatable bonds is 0. The highest BCUT2D eigenvalue weighted by atomic mass is 35.5. The molecule has 0 unspecified atom stereocenters. The Kier molecular flexibility index (Phi) is 2.65. The lowest BCUT2D eigenvalue weighted by molar-refractivity contribution is 1.13. The third-order valence-corrected chi connectivity index (χ3v) is 2.70. The molecule has 15 heavy (non-hydrogen) atoms. The Bertz CT molecular complexity index is 434. The van der Waals surface area contributed by atoms with Crippen molar-refractivity contribution in [3.05, 3.63) is 54.1 Å². The Labute approximate surface area is 95.6 Å². The van der Waals surface area contributed by atoms with E-state index in [4.69, 9.17) is 0 Å². The predicted molar refractivity (Wildman–Crippen MR) is 66.5 cm³/mol. The van der Waals surface area contributed by atoms with Gasteiger partial charge in [0.2, 0.25) is 0 Å². The van der Waals surface area contributed by atoms with Crippen LogP contribution in [0, 0.1) is 0 Å². The van der Waals surface area contributed by atoms with Crippen LogP contribution in [0.4, 0.5) is 5.69 Å². The van der Waals surface area contributed by atoms with Gasteiger partial charge in [-0.2, -0.15) is 0 Å². The van der Waals surface area contributed by atoms with Crippen LogP contribution >= 0.6 is 12.4 Å². The summed E-state index contributed by atoms with van der Waals surface area (Å²) >= 11 is 0. The molecule has 0 amide bonds. The fraction of sp³-hybridized carbons (Fsp3) is 0.0769. The number of para-hydroxylation sites is 1. The van der Waals surface area contributed by atoms with E-state index >= 15 is 0 Å². The number of halogens is 1. The minimum absolute atomic E-state index is 0. The zero-order valence-corrected chi connectivity index (χ0v) is 9.05. The Balaban J connectivity index is 0.000000853. The highest BCUT2D eigenvalue weighted by Crippen LogP contribution is 2.34. The van der Waals surface area contributed by atoms with Crippen molar-refractivity contribution in [2.24, 2.45) is 0 Å². The number of nitrogens with one attached hydrogen (secondary N) is 1. The molecule has 1 aliphatic rings. The summed E-state index contributed by atoms with van der Waals surface area (Å²) in [6.45, 7) is 0.938. The molecule has 2 aromatic carbocycles. The van der Waals surface area contributed by atoms with Crippen molar-refractivity contribution in [2.75, 3.05) is 5.32 Å². The van der Waals surface area contributed by atoms with E-state index in [0.717, 1.165) is 6.54 Å². The van der Waals surface area contributed by atoms with Gasteiger partial charge >= 0.3 is 0 Å². The average molecular weight is 218 g/mol. The zero-order chi connectivity index (χ0) is 9.38. The maximum atomic E-state index is 3.42. The number of anilines is 1. The first-order valence-electron chi connectivity index (χ1n) is 4.86. The second kappa shape index (κ2) is 3.95. The van der Waals surface area contributed by atoms with Crippen molar-refractivity contribution in [2.45, 2.75) is 6.54 Å². The maximum absolute atomic E-state index is 3.42. The van der Waals surface area contributed by atoms with Crippen LogP contribution in [0.2, 0.25) is 0 Å². The van der Waals surface area contributed by atoms with Crippen molar-refractivity contribution in [1.29, 1.82) is 0 Å². The Morgan fingerprint density at radius 3 is 2.33 bits per heavy atom. The monoisotopic (exact) mass is 217 g/mol. The maximum Gasteiger partial charge on any atom is 0.0422 e. The second-order valence-electron chi connectivity index (χ2n) is 3.56. The van der Waals surface area contributed by atoms with Crippen LogP contribution in [0.15, 0.2) is 48.5 Å². The summed E-state index contributed by atoms with van der Waals surface area (Å²) in [7, 11) is 0. The number of hydrogen-bond donors (Lipinski definition) is 1. The molecule has 1 nitrogen and oxygen atoms in total. The standard InChI is InChI=1S/C13H11N.ClH/c1-2-6-11-10(5-1)9-14-13-8-4-3-7-12(11)13;/h1-8,14H,9H2;1H. The third-order valence-electron chi connectivity index (χ3n) is 2.70. The largest absolute Gasteiger partial charge is 0.380 e. The fourth-order valence-electron chi connectivity index (χ4n) is 2.00. The summed E-state index contributed by atoms with van der Waals surface area (Å²) < 4.78 is 0. The van der Waals surface area contributed by atoms with Crippen LogP contribution < -0.4 is 5.32 Å². The molecule has 2 heteroatoms. The van der Waals surface area contributed by atoms with Crippen molar-refractivity contribution >= 4 is 18.1 Å². The van der Waals surface area contributed by atoms with Gasteiger partial charge in [-0.3, -0.25) is 0 Å². The lowest BCUT2D eigenvalue weighted by Gasteiger charge is -2.20. The highest BCUT2D eigenvalue weighted by molar-refractivity contribution is 5.85. The minimum Gasteiger partial charge on any atom is -0.380 e. The molecule has 1 heterocycles. The van der Waals surface area contributed by atoms with Crippen molar-refractivity contribution in [1.82, 2.24) is 0 Å². The van der Waals surface area contributed by atoms with Crippen LogP contribution in [0.1, 0.15) is 5.56 Å². The summed E-state index contributed by atoms with van der Waals surface area (Å²) in [5.74, 6) is 0. The molecule has 0 bridgehead atoms. The van der Waals surface area contributed by atoms with Crippen LogP contribution in [0.25, 0.3) is 11.1 Å². The molecule has 3 rings (SSSR count). The molecule has 0 saturated heterocycles. The van der Waals surface area contributed by atoms with Gasteiger partial charge in [0.25, 0.3) is 0 Å². The molecule has 0 spiro atoms. The normalized spacial score (nSPS) is 11.7. The van der Waals surface area contributed by atoms with Crippen LogP contribution in [-0.2, 0) is 6.54 Å². The van der Waals surface area contributed by atoms with Crippen molar-refractivity contribution < 1.29 is 0 Å². The van der Waals surface area contributed by atoms with Gasteiger partial charge in [-0.05, 0) is 17.2 Å². The molecular weight excluding hydrogens is 206 g/mol. The van der Waals surface area contributed by atoms with Crippen LogP contribution in [0.5, 0.6) is 0 Å². The Hall–Kier alpha value is -1.47. The van der Waals surface area contributed by atoms with E-state index in [2.05, 4.69) is 53.8 Å². The quantitative estimate of drug-likeness (QED) is 0.710. The lowest BCUT2D eigenvalue weighted by atomic mass is 9.95. The molecule has 0 atom stereocenters. The smallest absolute Gasteiger partial charge is 0.0422 e. The van der Waals surface area contributed by atoms with Crippen molar-refractivity contribution in [3.8, 4) is 11.1 Å². The molecule has 0 aliphatic carbocycles. The fourth-order valence-corrected chi connectivity index (χ4v) is 2.00. The summed E-state index contributed by atoms with van der Waals surface area (Å²) in [6, 6.07) is 17.0. The number of benzene rings is 2. The Morgan fingerprint density at radius 2 is 1.47 bits per heavy atom. The van der Waals surface area contributed by atoms with Gasteiger partial charge in [0, 0.05) is 17.8 Å². The van der Waals surface area contributed by atoms with Gasteiger partial charge in [0.1, 0.15) is 0 Å². The zero-order valence-electron chi connectivity index (χ0n) is 8.23. The van der Waals surface area contributed by atoms with Gasteiger partial charge in [-0.1, -0.05) is 42.5 Å². The highest BCUT2D eigenvalue weighted by Gasteiger charge is 2.12. The summed E-state index contributed by atoms with van der Waals surface area (Å²) in [5.41, 5.74) is 5.30. The molecule has 0 radical (unpaired) electrons. The van der Waals surface area contributed by atoms with Gasteiger partial charge < -0.3 is 5.32 Å². The van der Waals surface area contributed by atoms with E-state index in [-0.39, 0.29) is 12.4 Å². The average Bonchev–Trinajstić information content (AvgIpc) is 2.29. The SMILES string of the molecule is Cl.c1ccc2c(c1)CNc1ccccc1-2. The molecule has 0 saturated carbocycles. The first-order valence-corrected chi connectivity index (χ1v) is 4.86. The van der Waals surface area contributed by atoms with Crippen LogP contribution in [-0.4, -0.2) is 0 Å². The van der Waals surface area contributed by atoms with Crippen molar-refractivity contribution in [3.63, 3.8) is 0 Å². The van der Waals surface area contributed by atoms with Gasteiger partial charge in [-0.25, -0.2) is 0 Å². The molecule has 2 aromatic rings. The molecule has 76 valence electrons. The topological polar surface area (TPSA) is 12.0 Å². The van der Waals surface area contributed by atoms with Gasteiger partial charge in [-0.15, -0.1) is 12.4 Å². The van der Waals surface area contributed by atoms with E-state index in [9.17, 15) is 0 Å². The lowest BCUT2D eigenvalue weighted by Crippen LogP contribution is -2.07. The van der Waals surface area contributed by atoms with E-state index in [1.54, 1.807) is 0 Å². The Morgan fingerprint density at radius 1 is 0.800 bits per heavy atom. The first-order chi connectivity index (χ1) is 6.95. The summed E-state index contributed by atoms with van der Waals surface area (Å²) in [6.07, 6.45) is 0. The van der Waals surface area contributed by atoms with Gasteiger partial charge in [0.15, 0.2) is 0 Å². The minimum atomic E-state index is 0. The van der Waals surface area contributed by atoms with Crippen LogP contribution in [0.3, 0.4) is 0 Å². The first kappa shape index (κ1) is 10.1. The van der Waals surface area contributed by atoms with E-state index in [1.165, 1.54) is 22.4 Å². The van der Waals surface area contributed by atoms with Gasteiger partial charge in [0.05, 0.1) is 0 Å². The molecular formula is C13H12ClN. The summed E-state index contributed by atoms with van der Waals surface area (Å²) in [4.78, 5) is 0. The summed E-state index contributed by atoms with van der Waals surface area (Å²) in [5, 5.41) is 3.42. The molecule has 1 aliphatic heterocycles. The molecule has 0 aromatic heterocycles. The van der Waals surface area contributed by atoms with E-state index < -0.39 is 0 Å². The second-order valence-corrected chi connectivity index (χ2v) is 3.56. The molecule has 0 fully saturated rings. The number of hydrogen-bond acceptors (Lipinski definition) is 1. The molecule has 1 N–H and O–H groups in total. The predicted octanol–water partition coefficient (Wildman–Crippen LogP) is 3.70. The van der Waals surface area contributed by atoms with E-state index in [0.29, 0.717) is 0 Å². The van der Waals surface area contributed by atoms with E-state index in [1.807, 2.05) is 0 Å². The third kappa shape index (κ3) is 1.59.